The molecule has 2 N–H and O–H groups in total. The van der Waals surface area contributed by atoms with Crippen LogP contribution in [0.4, 0.5) is 17.3 Å². The Balaban J connectivity index is 0.000000646. The first kappa shape index (κ1) is 21.7. The van der Waals surface area contributed by atoms with Crippen LogP contribution in [0.3, 0.4) is 0 Å². The Bertz CT molecular complexity index is 799. The molecule has 1 amide bonds. The molecule has 0 fully saturated rings. The third-order valence-corrected chi connectivity index (χ3v) is 2.89. The van der Waals surface area contributed by atoms with E-state index in [0.29, 0.717) is 28.5 Å². The molecule has 0 atom stereocenters. The van der Waals surface area contributed by atoms with E-state index in [4.69, 9.17) is 15.0 Å². The summed E-state index contributed by atoms with van der Waals surface area (Å²) in [5, 5.41) is 6.96. The molecular formula is C15H15BF4N4O3. The van der Waals surface area contributed by atoms with Crippen molar-refractivity contribution in [1.82, 2.24) is 0 Å². The van der Waals surface area contributed by atoms with Crippen molar-refractivity contribution in [1.29, 1.82) is 0 Å². The Hall–Kier alpha value is -3.31. The Morgan fingerprint density at radius 3 is 1.93 bits per heavy atom. The summed E-state index contributed by atoms with van der Waals surface area (Å²) in [6.45, 7) is 0. The zero-order valence-corrected chi connectivity index (χ0v) is 14.3. The van der Waals surface area contributed by atoms with Crippen molar-refractivity contribution in [2.24, 2.45) is 15.3 Å². The fraction of sp³-hybridized carbons (Fsp3) is 0.133. The van der Waals surface area contributed by atoms with Gasteiger partial charge in [-0.2, -0.15) is 5.53 Å². The number of ether oxygens (including phenoxy) is 2. The van der Waals surface area contributed by atoms with E-state index >= 15 is 0 Å². The highest BCUT2D eigenvalue weighted by Crippen LogP contribution is 2.16. The lowest BCUT2D eigenvalue weighted by atomic mass is 10.1. The number of nitrogens with two attached hydrogens (primary N) is 1. The monoisotopic (exact) mass is 386 g/mol. The summed E-state index contributed by atoms with van der Waals surface area (Å²) in [5.41, 5.74) is 6.26. The van der Waals surface area contributed by atoms with Crippen molar-refractivity contribution in [3.8, 4) is 0 Å². The highest BCUT2D eigenvalue weighted by atomic mass is 19.5. The van der Waals surface area contributed by atoms with E-state index in [-0.39, 0.29) is 5.91 Å². The number of hydrogen-bond donors (Lipinski definition) is 1. The van der Waals surface area contributed by atoms with Crippen LogP contribution >= 0.6 is 0 Å². The van der Waals surface area contributed by atoms with E-state index in [1.165, 1.54) is 14.2 Å². The van der Waals surface area contributed by atoms with Gasteiger partial charge in [-0.25, -0.2) is 4.99 Å². The fourth-order valence-corrected chi connectivity index (χ4v) is 1.85. The lowest BCUT2D eigenvalue weighted by Gasteiger charge is -2.12. The maximum absolute atomic E-state index is 12.2. The van der Waals surface area contributed by atoms with Gasteiger partial charge in [-0.1, -0.05) is 18.2 Å². The van der Waals surface area contributed by atoms with Crippen LogP contribution in [0.5, 0.6) is 0 Å². The molecule has 1 aliphatic rings. The molecule has 0 unspecified atom stereocenters. The number of amides is 1. The van der Waals surface area contributed by atoms with E-state index < -0.39 is 7.25 Å². The van der Waals surface area contributed by atoms with Crippen LogP contribution in [-0.2, 0) is 9.47 Å². The predicted octanol–water partition coefficient (Wildman–Crippen LogP) is 2.21. The van der Waals surface area contributed by atoms with Crippen molar-refractivity contribution >= 4 is 24.6 Å². The minimum Gasteiger partial charge on any atom is -0.494 e. The van der Waals surface area contributed by atoms with Crippen LogP contribution in [0, 0.1) is 0 Å². The lowest BCUT2D eigenvalue weighted by Crippen LogP contribution is -2.23. The molecule has 2 rings (SSSR count). The Labute approximate surface area is 151 Å². The van der Waals surface area contributed by atoms with Crippen LogP contribution in [0.1, 0.15) is 10.4 Å². The summed E-state index contributed by atoms with van der Waals surface area (Å²) in [6.07, 6.45) is 3.09. The third-order valence-electron chi connectivity index (χ3n) is 2.89. The van der Waals surface area contributed by atoms with Crippen LogP contribution in [0.2, 0.25) is 0 Å². The normalized spacial score (nSPS) is 16.7. The molecule has 0 bridgehead atoms. The molecule has 1 aliphatic carbocycles. The van der Waals surface area contributed by atoms with Crippen molar-refractivity contribution in [3.63, 3.8) is 0 Å². The quantitative estimate of drug-likeness (QED) is 0.282. The standard InChI is InChI=1S/C15H14N4O3.BF4/c1-21-13-9-12(18-19-16)14(22-2)8-11(13)17-15(20)10-6-4-3-5-7-10;2-1(3,4)5/h3-9,16H,1-2H3;/q;-1/p+1/b17-11?,18-12+,19-16?;. The van der Waals surface area contributed by atoms with Crippen LogP contribution in [0.15, 0.2) is 69.3 Å². The van der Waals surface area contributed by atoms with Gasteiger partial charge in [0.1, 0.15) is 16.7 Å². The smallest absolute Gasteiger partial charge is 0.494 e. The number of carbonyl (C=O) groups excluding carboxylic acids is 1. The second-order valence-electron chi connectivity index (χ2n) is 4.69. The van der Waals surface area contributed by atoms with Gasteiger partial charge >= 0.3 is 7.25 Å². The number of hydrogen-bond acceptors (Lipinski definition) is 4. The third kappa shape index (κ3) is 7.63. The molecule has 0 saturated carbocycles. The molecular weight excluding hydrogens is 371 g/mol. The SMILES string of the molecule is COC1=C/C(=N\N=[NH2+])C(OC)=CC1=NC(=O)c1ccccc1.F[B-](F)(F)F. The average molecular weight is 386 g/mol. The highest BCUT2D eigenvalue weighted by molar-refractivity contribution is 6.50. The topological polar surface area (TPSA) is 98.2 Å². The second kappa shape index (κ2) is 9.99. The van der Waals surface area contributed by atoms with E-state index in [1.54, 1.807) is 36.4 Å². The van der Waals surface area contributed by atoms with E-state index in [1.807, 2.05) is 6.07 Å². The molecule has 7 nitrogen and oxygen atoms in total. The highest BCUT2D eigenvalue weighted by Gasteiger charge is 2.23. The maximum atomic E-state index is 12.2. The van der Waals surface area contributed by atoms with Gasteiger partial charge in [0, 0.05) is 17.7 Å². The Morgan fingerprint density at radius 2 is 1.44 bits per heavy atom. The van der Waals surface area contributed by atoms with Gasteiger partial charge in [0.25, 0.3) is 5.91 Å². The number of rotatable bonds is 4. The Kier molecular flexibility index (Phi) is 8.04. The van der Waals surface area contributed by atoms with Crippen LogP contribution < -0.4 is 5.53 Å². The Morgan fingerprint density at radius 1 is 0.963 bits per heavy atom. The molecule has 0 spiro atoms. The zero-order chi connectivity index (χ0) is 20.4. The second-order valence-corrected chi connectivity index (χ2v) is 4.69. The van der Waals surface area contributed by atoms with Crippen molar-refractivity contribution in [2.45, 2.75) is 0 Å². The molecule has 27 heavy (non-hydrogen) atoms. The number of nitrogens with zero attached hydrogens (tertiary/aromatic N) is 3. The number of aliphatic imine (C=N–C) groups is 1. The molecule has 0 heterocycles. The lowest BCUT2D eigenvalue weighted by molar-refractivity contribution is -0.221. The summed E-state index contributed by atoms with van der Waals surface area (Å²) in [5.74, 6) is 0.372. The van der Waals surface area contributed by atoms with Gasteiger partial charge in [0.2, 0.25) is 5.71 Å². The summed E-state index contributed by atoms with van der Waals surface area (Å²) in [7, 11) is -3.06. The first-order valence-electron chi connectivity index (χ1n) is 7.25. The minimum atomic E-state index is -6.00. The van der Waals surface area contributed by atoms with Crippen molar-refractivity contribution < 1.29 is 37.1 Å². The molecule has 1 aromatic rings. The number of methoxy groups -OCH3 is 2. The van der Waals surface area contributed by atoms with Gasteiger partial charge in [0.05, 0.1) is 19.3 Å². The average Bonchev–Trinajstić information content (AvgIpc) is 2.62. The molecule has 144 valence electrons. The van der Waals surface area contributed by atoms with Gasteiger partial charge < -0.3 is 26.7 Å². The van der Waals surface area contributed by atoms with Gasteiger partial charge in [-0.15, -0.1) is 0 Å². The van der Waals surface area contributed by atoms with Gasteiger partial charge in [0.15, 0.2) is 5.76 Å². The summed E-state index contributed by atoms with van der Waals surface area (Å²) in [4.78, 5) is 16.2. The fourth-order valence-electron chi connectivity index (χ4n) is 1.85. The van der Waals surface area contributed by atoms with E-state index in [9.17, 15) is 22.1 Å². The molecule has 1 aromatic carbocycles. The predicted molar refractivity (Wildman–Crippen MR) is 90.4 cm³/mol. The number of benzene rings is 1. The number of allylic oxidation sites excluding steroid dienone is 2. The largest absolute Gasteiger partial charge is 0.673 e. The first-order chi connectivity index (χ1) is 12.7. The van der Waals surface area contributed by atoms with E-state index in [0.717, 1.165) is 0 Å². The maximum Gasteiger partial charge on any atom is 0.673 e. The summed E-state index contributed by atoms with van der Waals surface area (Å²) < 4.78 is 49.4. The summed E-state index contributed by atoms with van der Waals surface area (Å²) >= 11 is 0. The molecule has 0 aliphatic heterocycles. The van der Waals surface area contributed by atoms with E-state index in [2.05, 4.69) is 15.3 Å². The molecule has 12 heteroatoms. The molecule has 0 saturated heterocycles. The van der Waals surface area contributed by atoms with Gasteiger partial charge in [-0.05, 0) is 12.1 Å². The van der Waals surface area contributed by atoms with Gasteiger partial charge in [-0.3, -0.25) is 4.79 Å². The first-order valence-corrected chi connectivity index (χ1v) is 7.25. The molecule has 0 radical (unpaired) electrons. The zero-order valence-electron chi connectivity index (χ0n) is 14.3. The minimum absolute atomic E-state index is 0.337. The molecule has 0 aromatic heterocycles. The summed E-state index contributed by atoms with van der Waals surface area (Å²) in [6, 6.07) is 8.74. The van der Waals surface area contributed by atoms with Crippen LogP contribution in [-0.4, -0.2) is 38.8 Å². The number of halogens is 4. The van der Waals surface area contributed by atoms with Crippen LogP contribution in [0.25, 0.3) is 0 Å². The number of carbonyl (C=O) groups is 1. The van der Waals surface area contributed by atoms with Crippen molar-refractivity contribution in [3.05, 3.63) is 59.6 Å². The van der Waals surface area contributed by atoms with Crippen molar-refractivity contribution in [2.75, 3.05) is 14.2 Å².